The number of unbranched alkanes of at least 4 members (excludes halogenated alkanes) is 6. The molecule has 0 unspecified atom stereocenters. The normalized spacial score (nSPS) is 11.9. The summed E-state index contributed by atoms with van der Waals surface area (Å²) in [6, 6.07) is 22.1. The standard InChI is InChI=1S/C28H42/c1-4-5-6-7-8-9-16-23-28(2,3)24-17-22-27(25-18-12-10-13-19-25)26-20-14-11-15-21-26/h10-15,18-21,27H,4-9,16-17,22-24H2,1-3H3. The monoisotopic (exact) mass is 378 g/mol. The van der Waals surface area contributed by atoms with Crippen LogP contribution in [0.1, 0.15) is 108 Å². The molecule has 2 aromatic carbocycles. The first-order valence-corrected chi connectivity index (χ1v) is 11.7. The van der Waals surface area contributed by atoms with Crippen molar-refractivity contribution in [3.63, 3.8) is 0 Å². The van der Waals surface area contributed by atoms with E-state index in [1.54, 1.807) is 0 Å². The molecule has 0 aliphatic carbocycles. The first-order chi connectivity index (χ1) is 13.6. The van der Waals surface area contributed by atoms with Crippen LogP contribution in [0.2, 0.25) is 0 Å². The maximum Gasteiger partial charge on any atom is 0.00893 e. The van der Waals surface area contributed by atoms with Crippen LogP contribution < -0.4 is 0 Å². The summed E-state index contributed by atoms with van der Waals surface area (Å²) in [4.78, 5) is 0. The Kier molecular flexibility index (Phi) is 10.4. The van der Waals surface area contributed by atoms with Gasteiger partial charge in [-0.15, -0.1) is 0 Å². The highest BCUT2D eigenvalue weighted by Crippen LogP contribution is 2.34. The second-order valence-electron chi connectivity index (χ2n) is 9.30. The van der Waals surface area contributed by atoms with Crippen molar-refractivity contribution in [2.24, 2.45) is 5.41 Å². The number of hydrogen-bond acceptors (Lipinski definition) is 0. The van der Waals surface area contributed by atoms with Crippen molar-refractivity contribution < 1.29 is 0 Å². The fraction of sp³-hybridized carbons (Fsp3) is 0.571. The van der Waals surface area contributed by atoms with E-state index in [0.717, 1.165) is 0 Å². The first kappa shape index (κ1) is 22.7. The highest BCUT2D eigenvalue weighted by atomic mass is 14.2. The third-order valence-corrected chi connectivity index (χ3v) is 6.21. The van der Waals surface area contributed by atoms with Crippen LogP contribution in [0.5, 0.6) is 0 Å². The molecule has 2 rings (SSSR count). The van der Waals surface area contributed by atoms with Crippen molar-refractivity contribution in [1.29, 1.82) is 0 Å². The lowest BCUT2D eigenvalue weighted by Crippen LogP contribution is -2.12. The summed E-state index contributed by atoms with van der Waals surface area (Å²) in [6.07, 6.45) is 15.1. The Morgan fingerprint density at radius 3 is 1.61 bits per heavy atom. The van der Waals surface area contributed by atoms with Crippen LogP contribution in [0.25, 0.3) is 0 Å². The van der Waals surface area contributed by atoms with Gasteiger partial charge in [-0.1, -0.05) is 133 Å². The Labute approximate surface area is 174 Å². The van der Waals surface area contributed by atoms with Gasteiger partial charge in [0.15, 0.2) is 0 Å². The second kappa shape index (κ2) is 12.8. The minimum atomic E-state index is 0.474. The van der Waals surface area contributed by atoms with Gasteiger partial charge in [0.25, 0.3) is 0 Å². The predicted octanol–water partition coefficient (Wildman–Crippen LogP) is 9.16. The summed E-state index contributed by atoms with van der Waals surface area (Å²) < 4.78 is 0. The molecule has 0 atom stereocenters. The highest BCUT2D eigenvalue weighted by Gasteiger charge is 2.19. The molecule has 0 nitrogen and oxygen atoms in total. The minimum absolute atomic E-state index is 0.474. The van der Waals surface area contributed by atoms with Crippen molar-refractivity contribution in [1.82, 2.24) is 0 Å². The molecule has 0 heteroatoms. The van der Waals surface area contributed by atoms with Crippen LogP contribution in [0.15, 0.2) is 60.7 Å². The zero-order valence-electron chi connectivity index (χ0n) is 18.6. The fourth-order valence-corrected chi connectivity index (χ4v) is 4.37. The van der Waals surface area contributed by atoms with Crippen LogP contribution in [-0.2, 0) is 0 Å². The molecule has 0 N–H and O–H groups in total. The summed E-state index contributed by atoms with van der Waals surface area (Å²) in [5, 5.41) is 0. The van der Waals surface area contributed by atoms with Gasteiger partial charge in [0.1, 0.15) is 0 Å². The summed E-state index contributed by atoms with van der Waals surface area (Å²) >= 11 is 0. The second-order valence-corrected chi connectivity index (χ2v) is 9.30. The van der Waals surface area contributed by atoms with E-state index >= 15 is 0 Å². The van der Waals surface area contributed by atoms with E-state index in [2.05, 4.69) is 81.4 Å². The maximum absolute atomic E-state index is 2.48. The lowest BCUT2D eigenvalue weighted by molar-refractivity contribution is 0.281. The molecule has 0 spiro atoms. The van der Waals surface area contributed by atoms with E-state index < -0.39 is 0 Å². The van der Waals surface area contributed by atoms with Crippen LogP contribution in [-0.4, -0.2) is 0 Å². The quantitative estimate of drug-likeness (QED) is 0.287. The third kappa shape index (κ3) is 8.63. The van der Waals surface area contributed by atoms with E-state index in [-0.39, 0.29) is 0 Å². The SMILES string of the molecule is CCCCCCCCCC(C)(C)CCCC(c1ccccc1)c1ccccc1. The smallest absolute Gasteiger partial charge is 0.00893 e. The Hall–Kier alpha value is -1.56. The minimum Gasteiger partial charge on any atom is -0.0654 e. The topological polar surface area (TPSA) is 0 Å². The Morgan fingerprint density at radius 1 is 0.607 bits per heavy atom. The van der Waals surface area contributed by atoms with Crippen molar-refractivity contribution in [2.75, 3.05) is 0 Å². The van der Waals surface area contributed by atoms with E-state index in [9.17, 15) is 0 Å². The van der Waals surface area contributed by atoms with Gasteiger partial charge in [0, 0.05) is 5.92 Å². The molecular formula is C28H42. The maximum atomic E-state index is 2.48. The van der Waals surface area contributed by atoms with Crippen LogP contribution >= 0.6 is 0 Å². The summed E-state index contributed by atoms with van der Waals surface area (Å²) in [5.41, 5.74) is 3.39. The Bertz CT molecular complexity index is 572. The van der Waals surface area contributed by atoms with Crippen LogP contribution in [0.3, 0.4) is 0 Å². The first-order valence-electron chi connectivity index (χ1n) is 11.7. The van der Waals surface area contributed by atoms with Crippen molar-refractivity contribution in [3.8, 4) is 0 Å². The zero-order valence-corrected chi connectivity index (χ0v) is 18.6. The van der Waals surface area contributed by atoms with Gasteiger partial charge >= 0.3 is 0 Å². The Morgan fingerprint density at radius 2 is 1.07 bits per heavy atom. The molecule has 0 aliphatic heterocycles. The molecule has 0 heterocycles. The summed E-state index contributed by atoms with van der Waals surface area (Å²) in [7, 11) is 0. The van der Waals surface area contributed by atoms with Gasteiger partial charge in [0.05, 0.1) is 0 Å². The van der Waals surface area contributed by atoms with Gasteiger partial charge in [-0.25, -0.2) is 0 Å². The lowest BCUT2D eigenvalue weighted by Gasteiger charge is -2.26. The molecular weight excluding hydrogens is 336 g/mol. The van der Waals surface area contributed by atoms with Crippen molar-refractivity contribution in [2.45, 2.75) is 97.3 Å². The summed E-state index contributed by atoms with van der Waals surface area (Å²) in [6.45, 7) is 7.25. The molecule has 0 bridgehead atoms. The molecule has 0 saturated heterocycles. The van der Waals surface area contributed by atoms with Gasteiger partial charge < -0.3 is 0 Å². The van der Waals surface area contributed by atoms with Gasteiger partial charge in [0.2, 0.25) is 0 Å². The highest BCUT2D eigenvalue weighted by molar-refractivity contribution is 5.32. The molecule has 0 aliphatic rings. The lowest BCUT2D eigenvalue weighted by atomic mass is 9.79. The number of rotatable bonds is 14. The van der Waals surface area contributed by atoms with Gasteiger partial charge in [-0.05, 0) is 35.8 Å². The van der Waals surface area contributed by atoms with E-state index in [1.807, 2.05) is 0 Å². The fourth-order valence-electron chi connectivity index (χ4n) is 4.37. The zero-order chi connectivity index (χ0) is 20.1. The average Bonchev–Trinajstić information content (AvgIpc) is 2.72. The molecule has 0 radical (unpaired) electrons. The van der Waals surface area contributed by atoms with Gasteiger partial charge in [-0.2, -0.15) is 0 Å². The molecule has 0 aromatic heterocycles. The predicted molar refractivity (Wildman–Crippen MR) is 125 cm³/mol. The molecule has 0 fully saturated rings. The molecule has 154 valence electrons. The summed E-state index contributed by atoms with van der Waals surface area (Å²) in [5.74, 6) is 0.525. The molecule has 2 aromatic rings. The van der Waals surface area contributed by atoms with Gasteiger partial charge in [-0.3, -0.25) is 0 Å². The molecule has 0 amide bonds. The van der Waals surface area contributed by atoms with E-state index in [4.69, 9.17) is 0 Å². The number of benzene rings is 2. The molecule has 0 saturated carbocycles. The van der Waals surface area contributed by atoms with E-state index in [0.29, 0.717) is 11.3 Å². The average molecular weight is 379 g/mol. The molecule has 28 heavy (non-hydrogen) atoms. The van der Waals surface area contributed by atoms with Crippen molar-refractivity contribution >= 4 is 0 Å². The number of hydrogen-bond donors (Lipinski definition) is 0. The Balaban J connectivity index is 1.78. The van der Waals surface area contributed by atoms with Crippen molar-refractivity contribution in [3.05, 3.63) is 71.8 Å². The van der Waals surface area contributed by atoms with Crippen LogP contribution in [0, 0.1) is 5.41 Å². The largest absolute Gasteiger partial charge is 0.0654 e. The third-order valence-electron chi connectivity index (χ3n) is 6.21. The van der Waals surface area contributed by atoms with Crippen LogP contribution in [0.4, 0.5) is 0 Å². The van der Waals surface area contributed by atoms with E-state index in [1.165, 1.54) is 81.8 Å².